The highest BCUT2D eigenvalue weighted by Crippen LogP contribution is 2.20. The maximum Gasteiger partial charge on any atom is 0.276 e. The smallest absolute Gasteiger partial charge is 0.276 e. The summed E-state index contributed by atoms with van der Waals surface area (Å²) in [5, 5.41) is 17.1. The molecule has 1 rings (SSSR count). The minimum absolute atomic E-state index is 0.0442. The number of rotatable bonds is 9. The Morgan fingerprint density at radius 3 is 2.48 bits per heavy atom. The Bertz CT molecular complexity index is 465. The monoisotopic (exact) mass is 295 g/mol. The standard InChI is InChI=1S/C14H25N5O2/c1-5-15-13-9-12(19(20)21)10-14(17-13)16-7-6-8-18(4)11(2)3/h9-11H,5-8H2,1-4H3,(H2,15,16,17). The molecule has 0 radical (unpaired) electrons. The van der Waals surface area contributed by atoms with Gasteiger partial charge in [-0.2, -0.15) is 0 Å². The predicted octanol–water partition coefficient (Wildman–Crippen LogP) is 2.56. The van der Waals surface area contributed by atoms with E-state index in [4.69, 9.17) is 0 Å². The molecule has 0 aliphatic carbocycles. The van der Waals surface area contributed by atoms with Gasteiger partial charge in [-0.15, -0.1) is 0 Å². The van der Waals surface area contributed by atoms with E-state index in [1.165, 1.54) is 12.1 Å². The Kier molecular flexibility index (Phi) is 6.87. The highest BCUT2D eigenvalue weighted by atomic mass is 16.6. The van der Waals surface area contributed by atoms with Crippen molar-refractivity contribution in [3.63, 3.8) is 0 Å². The first-order valence-corrected chi connectivity index (χ1v) is 7.28. The largest absolute Gasteiger partial charge is 0.370 e. The van der Waals surface area contributed by atoms with Gasteiger partial charge in [-0.25, -0.2) is 4.98 Å². The Labute approximate surface area is 125 Å². The van der Waals surface area contributed by atoms with Gasteiger partial charge in [0.05, 0.1) is 17.1 Å². The van der Waals surface area contributed by atoms with Crippen molar-refractivity contribution in [3.05, 3.63) is 22.2 Å². The second kappa shape index (κ2) is 8.41. The SMILES string of the molecule is CCNc1cc([N+](=O)[O-])cc(NCCCN(C)C(C)C)n1. The topological polar surface area (TPSA) is 83.3 Å². The molecule has 0 unspecified atom stereocenters. The van der Waals surface area contributed by atoms with Crippen LogP contribution in [0.1, 0.15) is 27.2 Å². The second-order valence-corrected chi connectivity index (χ2v) is 5.24. The molecule has 7 nitrogen and oxygen atoms in total. The summed E-state index contributed by atoms with van der Waals surface area (Å²) < 4.78 is 0. The van der Waals surface area contributed by atoms with E-state index in [9.17, 15) is 10.1 Å². The van der Waals surface area contributed by atoms with Crippen LogP contribution in [0.4, 0.5) is 17.3 Å². The van der Waals surface area contributed by atoms with Crippen LogP contribution in [0.5, 0.6) is 0 Å². The minimum atomic E-state index is -0.403. The van der Waals surface area contributed by atoms with Gasteiger partial charge in [-0.05, 0) is 40.8 Å². The normalized spacial score (nSPS) is 11.0. The average molecular weight is 295 g/mol. The second-order valence-electron chi connectivity index (χ2n) is 5.24. The van der Waals surface area contributed by atoms with Crippen molar-refractivity contribution in [2.75, 3.05) is 37.3 Å². The van der Waals surface area contributed by atoms with E-state index < -0.39 is 4.92 Å². The van der Waals surface area contributed by atoms with Crippen molar-refractivity contribution in [1.82, 2.24) is 9.88 Å². The maximum atomic E-state index is 10.9. The number of hydrogen-bond acceptors (Lipinski definition) is 6. The van der Waals surface area contributed by atoms with Crippen molar-refractivity contribution in [2.45, 2.75) is 33.2 Å². The number of hydrogen-bond donors (Lipinski definition) is 2. The lowest BCUT2D eigenvalue weighted by Crippen LogP contribution is -2.28. The molecule has 0 amide bonds. The number of nitro groups is 1. The van der Waals surface area contributed by atoms with Crippen LogP contribution >= 0.6 is 0 Å². The van der Waals surface area contributed by atoms with Crippen LogP contribution in [0, 0.1) is 10.1 Å². The maximum absolute atomic E-state index is 10.9. The van der Waals surface area contributed by atoms with Gasteiger partial charge in [0.25, 0.3) is 5.69 Å². The number of aromatic nitrogens is 1. The first-order chi connectivity index (χ1) is 9.93. The summed E-state index contributed by atoms with van der Waals surface area (Å²) >= 11 is 0. The molecule has 1 aromatic rings. The summed E-state index contributed by atoms with van der Waals surface area (Å²) in [5.41, 5.74) is 0.0442. The van der Waals surface area contributed by atoms with Gasteiger partial charge in [-0.1, -0.05) is 0 Å². The molecular weight excluding hydrogens is 270 g/mol. The van der Waals surface area contributed by atoms with Crippen LogP contribution in [0.25, 0.3) is 0 Å². The molecule has 0 aliphatic rings. The lowest BCUT2D eigenvalue weighted by molar-refractivity contribution is -0.384. The molecule has 21 heavy (non-hydrogen) atoms. The summed E-state index contributed by atoms with van der Waals surface area (Å²) in [6.45, 7) is 8.61. The van der Waals surface area contributed by atoms with E-state index in [0.29, 0.717) is 24.2 Å². The quantitative estimate of drug-likeness (QED) is 0.414. The van der Waals surface area contributed by atoms with Crippen molar-refractivity contribution in [1.29, 1.82) is 0 Å². The van der Waals surface area contributed by atoms with Crippen LogP contribution in [0.15, 0.2) is 12.1 Å². The van der Waals surface area contributed by atoms with Gasteiger partial charge < -0.3 is 15.5 Å². The number of pyridine rings is 1. The van der Waals surface area contributed by atoms with Gasteiger partial charge in [0, 0.05) is 19.1 Å². The van der Waals surface area contributed by atoms with E-state index in [0.717, 1.165) is 19.5 Å². The van der Waals surface area contributed by atoms with Gasteiger partial charge in [0.2, 0.25) is 0 Å². The summed E-state index contributed by atoms with van der Waals surface area (Å²) in [6, 6.07) is 3.43. The van der Waals surface area contributed by atoms with Crippen LogP contribution in [-0.4, -0.2) is 47.5 Å². The molecule has 0 atom stereocenters. The van der Waals surface area contributed by atoms with Crippen molar-refractivity contribution < 1.29 is 4.92 Å². The molecule has 0 saturated heterocycles. The number of nitrogens with zero attached hydrogens (tertiary/aromatic N) is 3. The summed E-state index contributed by atoms with van der Waals surface area (Å²) in [7, 11) is 2.08. The van der Waals surface area contributed by atoms with E-state index in [-0.39, 0.29) is 5.69 Å². The number of nitrogens with one attached hydrogen (secondary N) is 2. The highest BCUT2D eigenvalue weighted by molar-refractivity contribution is 5.54. The zero-order valence-electron chi connectivity index (χ0n) is 13.2. The van der Waals surface area contributed by atoms with Crippen LogP contribution in [0.2, 0.25) is 0 Å². The van der Waals surface area contributed by atoms with Crippen molar-refractivity contribution in [3.8, 4) is 0 Å². The van der Waals surface area contributed by atoms with Gasteiger partial charge in [0.1, 0.15) is 11.6 Å². The summed E-state index contributed by atoms with van der Waals surface area (Å²) in [4.78, 5) is 17.1. The fourth-order valence-corrected chi connectivity index (χ4v) is 1.79. The first kappa shape index (κ1) is 17.2. The fraction of sp³-hybridized carbons (Fsp3) is 0.643. The lowest BCUT2D eigenvalue weighted by Gasteiger charge is -2.20. The lowest BCUT2D eigenvalue weighted by atomic mass is 10.3. The Morgan fingerprint density at radius 2 is 1.95 bits per heavy atom. The van der Waals surface area contributed by atoms with Crippen LogP contribution in [-0.2, 0) is 0 Å². The third-order valence-corrected chi connectivity index (χ3v) is 3.25. The van der Waals surface area contributed by atoms with E-state index in [1.807, 2.05) is 6.92 Å². The Hall–Kier alpha value is -1.89. The highest BCUT2D eigenvalue weighted by Gasteiger charge is 2.11. The molecule has 7 heteroatoms. The van der Waals surface area contributed by atoms with Gasteiger partial charge in [0.15, 0.2) is 0 Å². The molecule has 0 fully saturated rings. The first-order valence-electron chi connectivity index (χ1n) is 7.28. The zero-order valence-corrected chi connectivity index (χ0v) is 13.2. The summed E-state index contributed by atoms with van der Waals surface area (Å²) in [5.74, 6) is 1.06. The van der Waals surface area contributed by atoms with Crippen molar-refractivity contribution >= 4 is 17.3 Å². The number of anilines is 2. The molecule has 0 aromatic carbocycles. The molecule has 0 bridgehead atoms. The molecular formula is C14H25N5O2. The average Bonchev–Trinajstić information content (AvgIpc) is 2.43. The fourth-order valence-electron chi connectivity index (χ4n) is 1.79. The van der Waals surface area contributed by atoms with Gasteiger partial charge >= 0.3 is 0 Å². The molecule has 1 aromatic heterocycles. The summed E-state index contributed by atoms with van der Waals surface area (Å²) in [6.07, 6.45) is 0.954. The Morgan fingerprint density at radius 1 is 1.33 bits per heavy atom. The van der Waals surface area contributed by atoms with Crippen molar-refractivity contribution in [2.24, 2.45) is 0 Å². The molecule has 0 spiro atoms. The predicted molar refractivity (Wildman–Crippen MR) is 85.9 cm³/mol. The van der Waals surface area contributed by atoms with E-state index in [1.54, 1.807) is 0 Å². The van der Waals surface area contributed by atoms with E-state index >= 15 is 0 Å². The zero-order chi connectivity index (χ0) is 15.8. The minimum Gasteiger partial charge on any atom is -0.370 e. The molecule has 118 valence electrons. The molecule has 0 saturated carbocycles. The third kappa shape index (κ3) is 5.95. The molecule has 0 aliphatic heterocycles. The van der Waals surface area contributed by atoms with E-state index in [2.05, 4.69) is 41.4 Å². The molecule has 2 N–H and O–H groups in total. The van der Waals surface area contributed by atoms with Crippen LogP contribution in [0.3, 0.4) is 0 Å². The van der Waals surface area contributed by atoms with Gasteiger partial charge in [-0.3, -0.25) is 10.1 Å². The third-order valence-electron chi connectivity index (χ3n) is 3.25. The molecule has 1 heterocycles. The van der Waals surface area contributed by atoms with Crippen LogP contribution < -0.4 is 10.6 Å². The Balaban J connectivity index is 2.59.